The van der Waals surface area contributed by atoms with E-state index in [1.165, 1.54) is 0 Å². The summed E-state index contributed by atoms with van der Waals surface area (Å²) in [5.41, 5.74) is 4.79. The number of amides is 1. The standard InChI is InChI=1S/C31H32N4O4/c1-4-38-29(36)31(19-8-20-31)26-15-11-24(12-16-26)25-13-17-27(18-14-25)35-28(21(2)33-34-35)32-30(37)39-22(3)23-9-6-5-7-10-23/h5-7,9-18,22H,4,8,19-20H2,1-3H3,(H,32,37)/t22-/m1/s1. The van der Waals surface area contributed by atoms with Gasteiger partial charge >= 0.3 is 12.1 Å². The second kappa shape index (κ2) is 11.1. The SMILES string of the molecule is CCOC(=O)C1(c2ccc(-c3ccc(-n4nnc(C)c4NC(=O)O[C@H](C)c4ccccc4)cc3)cc2)CCC1. The van der Waals surface area contributed by atoms with Gasteiger partial charge in [-0.3, -0.25) is 10.1 Å². The molecular formula is C31H32N4O4. The third-order valence-electron chi connectivity index (χ3n) is 7.37. The number of nitrogens with one attached hydrogen (secondary N) is 1. The van der Waals surface area contributed by atoms with E-state index >= 15 is 0 Å². The fourth-order valence-corrected chi connectivity index (χ4v) is 4.95. The third-order valence-corrected chi connectivity index (χ3v) is 7.37. The molecule has 0 unspecified atom stereocenters. The number of hydrogen-bond donors (Lipinski definition) is 1. The van der Waals surface area contributed by atoms with Crippen LogP contribution in [-0.4, -0.2) is 33.7 Å². The molecule has 1 aliphatic rings. The van der Waals surface area contributed by atoms with Gasteiger partial charge in [-0.25, -0.2) is 4.79 Å². The highest BCUT2D eigenvalue weighted by Gasteiger charge is 2.46. The lowest BCUT2D eigenvalue weighted by molar-refractivity contribution is -0.153. The maximum atomic E-state index is 12.6. The van der Waals surface area contributed by atoms with Crippen molar-refractivity contribution in [2.45, 2.75) is 51.6 Å². The van der Waals surface area contributed by atoms with Crippen LogP contribution in [0, 0.1) is 6.92 Å². The quantitative estimate of drug-likeness (QED) is 0.263. The molecule has 200 valence electrons. The summed E-state index contributed by atoms with van der Waals surface area (Å²) in [6, 6.07) is 25.5. The highest BCUT2D eigenvalue weighted by molar-refractivity contribution is 5.85. The number of rotatable bonds is 8. The van der Waals surface area contributed by atoms with Crippen LogP contribution < -0.4 is 5.32 Å². The lowest BCUT2D eigenvalue weighted by Crippen LogP contribution is -2.43. The lowest BCUT2D eigenvalue weighted by atomic mass is 9.64. The molecule has 1 aromatic heterocycles. The first-order chi connectivity index (χ1) is 18.9. The Hall–Kier alpha value is -4.46. The van der Waals surface area contributed by atoms with Crippen LogP contribution in [0.3, 0.4) is 0 Å². The molecule has 0 bridgehead atoms. The monoisotopic (exact) mass is 524 g/mol. The summed E-state index contributed by atoms with van der Waals surface area (Å²) in [6.07, 6.45) is 1.70. The maximum absolute atomic E-state index is 12.6. The fraction of sp³-hybridized carbons (Fsp3) is 0.290. The number of benzene rings is 3. The number of carbonyl (C=O) groups is 2. The molecule has 3 aromatic carbocycles. The topological polar surface area (TPSA) is 95.3 Å². The van der Waals surface area contributed by atoms with Crippen molar-refractivity contribution in [1.82, 2.24) is 15.0 Å². The van der Waals surface area contributed by atoms with E-state index in [9.17, 15) is 9.59 Å². The van der Waals surface area contributed by atoms with E-state index in [2.05, 4.69) is 15.6 Å². The Kier molecular flexibility index (Phi) is 7.45. The second-order valence-corrected chi connectivity index (χ2v) is 9.80. The molecule has 0 saturated heterocycles. The van der Waals surface area contributed by atoms with Crippen LogP contribution in [-0.2, 0) is 19.7 Å². The van der Waals surface area contributed by atoms with Gasteiger partial charge in [-0.15, -0.1) is 5.10 Å². The predicted molar refractivity (Wildman–Crippen MR) is 149 cm³/mol. The van der Waals surface area contributed by atoms with Crippen LogP contribution in [0.1, 0.15) is 56.0 Å². The molecule has 5 rings (SSSR count). The number of nitrogens with zero attached hydrogens (tertiary/aromatic N) is 3. The first kappa shape index (κ1) is 26.2. The van der Waals surface area contributed by atoms with Gasteiger partial charge in [-0.05, 0) is 68.0 Å². The first-order valence-corrected chi connectivity index (χ1v) is 13.2. The minimum absolute atomic E-state index is 0.126. The van der Waals surface area contributed by atoms with Gasteiger partial charge in [0.15, 0.2) is 5.82 Å². The fourth-order valence-electron chi connectivity index (χ4n) is 4.95. The number of esters is 1. The third kappa shape index (κ3) is 5.27. The number of aromatic nitrogens is 3. The molecule has 8 heteroatoms. The zero-order chi connectivity index (χ0) is 27.4. The average Bonchev–Trinajstić information content (AvgIpc) is 3.28. The number of carbonyl (C=O) groups excluding carboxylic acids is 2. The molecule has 8 nitrogen and oxygen atoms in total. The van der Waals surface area contributed by atoms with Crippen molar-refractivity contribution in [3.05, 3.63) is 95.7 Å². The van der Waals surface area contributed by atoms with Crippen LogP contribution in [0.2, 0.25) is 0 Å². The van der Waals surface area contributed by atoms with Gasteiger partial charge in [0.05, 0.1) is 17.7 Å². The van der Waals surface area contributed by atoms with Gasteiger partial charge in [0.2, 0.25) is 0 Å². The maximum Gasteiger partial charge on any atom is 0.413 e. The van der Waals surface area contributed by atoms with Crippen LogP contribution in [0.5, 0.6) is 0 Å². The van der Waals surface area contributed by atoms with Crippen molar-refractivity contribution in [2.75, 3.05) is 11.9 Å². The molecule has 39 heavy (non-hydrogen) atoms. The Morgan fingerprint density at radius 2 is 1.62 bits per heavy atom. The summed E-state index contributed by atoms with van der Waals surface area (Å²) in [6.45, 7) is 5.84. The van der Waals surface area contributed by atoms with E-state index < -0.39 is 17.6 Å². The molecule has 0 aliphatic heterocycles. The Labute approximate surface area is 228 Å². The number of anilines is 1. The van der Waals surface area contributed by atoms with E-state index in [1.807, 2.05) is 92.7 Å². The minimum atomic E-state index is -0.582. The summed E-state index contributed by atoms with van der Waals surface area (Å²) in [5, 5.41) is 11.2. The van der Waals surface area contributed by atoms with E-state index in [0.717, 1.165) is 47.2 Å². The Morgan fingerprint density at radius 3 is 2.21 bits per heavy atom. The number of aryl methyl sites for hydroxylation is 1. The van der Waals surface area contributed by atoms with Crippen molar-refractivity contribution >= 4 is 17.9 Å². The zero-order valence-electron chi connectivity index (χ0n) is 22.4. The average molecular weight is 525 g/mol. The zero-order valence-corrected chi connectivity index (χ0v) is 22.4. The number of hydrogen-bond acceptors (Lipinski definition) is 6. The van der Waals surface area contributed by atoms with Crippen molar-refractivity contribution in [2.24, 2.45) is 0 Å². The van der Waals surface area contributed by atoms with Crippen molar-refractivity contribution in [1.29, 1.82) is 0 Å². The Balaban J connectivity index is 1.29. The lowest BCUT2D eigenvalue weighted by Gasteiger charge is -2.39. The van der Waals surface area contributed by atoms with E-state index in [1.54, 1.807) is 11.6 Å². The highest BCUT2D eigenvalue weighted by atomic mass is 16.6. The predicted octanol–water partition coefficient (Wildman–Crippen LogP) is 6.54. The van der Waals surface area contributed by atoms with Crippen LogP contribution >= 0.6 is 0 Å². The minimum Gasteiger partial charge on any atom is -0.465 e. The summed E-state index contributed by atoms with van der Waals surface area (Å²) in [7, 11) is 0. The van der Waals surface area contributed by atoms with Crippen molar-refractivity contribution in [3.63, 3.8) is 0 Å². The van der Waals surface area contributed by atoms with Crippen LogP contribution in [0.15, 0.2) is 78.9 Å². The molecule has 4 aromatic rings. The summed E-state index contributed by atoms with van der Waals surface area (Å²) < 4.78 is 12.5. The van der Waals surface area contributed by atoms with Gasteiger partial charge in [0, 0.05) is 0 Å². The van der Waals surface area contributed by atoms with E-state index in [4.69, 9.17) is 9.47 Å². The number of ether oxygens (including phenoxy) is 2. The largest absolute Gasteiger partial charge is 0.465 e. The molecule has 1 aliphatic carbocycles. The van der Waals surface area contributed by atoms with Gasteiger partial charge < -0.3 is 9.47 Å². The Morgan fingerprint density at radius 1 is 0.974 bits per heavy atom. The summed E-state index contributed by atoms with van der Waals surface area (Å²) >= 11 is 0. The highest BCUT2D eigenvalue weighted by Crippen LogP contribution is 2.45. The summed E-state index contributed by atoms with van der Waals surface area (Å²) in [4.78, 5) is 25.3. The van der Waals surface area contributed by atoms with Gasteiger partial charge in [-0.1, -0.05) is 78.4 Å². The van der Waals surface area contributed by atoms with Gasteiger partial charge in [0.25, 0.3) is 0 Å². The van der Waals surface area contributed by atoms with Crippen molar-refractivity contribution < 1.29 is 19.1 Å². The van der Waals surface area contributed by atoms with Gasteiger partial charge in [0.1, 0.15) is 11.8 Å². The van der Waals surface area contributed by atoms with E-state index in [0.29, 0.717) is 18.1 Å². The Bertz CT molecular complexity index is 1440. The molecule has 0 radical (unpaired) electrons. The molecule has 1 amide bonds. The molecule has 1 atom stereocenters. The van der Waals surface area contributed by atoms with Gasteiger partial charge in [-0.2, -0.15) is 4.68 Å². The van der Waals surface area contributed by atoms with Crippen LogP contribution in [0.4, 0.5) is 10.6 Å². The summed E-state index contributed by atoms with van der Waals surface area (Å²) in [5.74, 6) is 0.321. The molecule has 1 heterocycles. The molecule has 1 N–H and O–H groups in total. The molecule has 1 fully saturated rings. The van der Waals surface area contributed by atoms with E-state index in [-0.39, 0.29) is 5.97 Å². The normalized spacial score (nSPS) is 14.6. The molecular weight excluding hydrogens is 492 g/mol. The molecule has 1 saturated carbocycles. The smallest absolute Gasteiger partial charge is 0.413 e. The first-order valence-electron chi connectivity index (χ1n) is 13.2. The van der Waals surface area contributed by atoms with Crippen molar-refractivity contribution in [3.8, 4) is 16.8 Å². The second-order valence-electron chi connectivity index (χ2n) is 9.80. The molecule has 0 spiro atoms. The van der Waals surface area contributed by atoms with Crippen LogP contribution in [0.25, 0.3) is 16.8 Å².